The molecule has 0 unspecified atom stereocenters. The lowest BCUT2D eigenvalue weighted by Gasteiger charge is -2.37. The Balaban J connectivity index is 0.000000417. The lowest BCUT2D eigenvalue weighted by molar-refractivity contribution is -0.288. The molecule has 1 aliphatic rings. The van der Waals surface area contributed by atoms with Crippen LogP contribution in [0.1, 0.15) is 115 Å². The summed E-state index contributed by atoms with van der Waals surface area (Å²) in [6.45, 7) is 18.4. The van der Waals surface area contributed by atoms with E-state index in [2.05, 4.69) is 0 Å². The van der Waals surface area contributed by atoms with Crippen molar-refractivity contribution in [2.45, 2.75) is 92.9 Å². The van der Waals surface area contributed by atoms with E-state index < -0.39 is 80.5 Å². The SMILES string of the molecule is CC1=CC(C)=[N+](c2c(C(C)C)cccc2C(C)C)B(c2c(F)c(F)c(F)c(F)c2F)N1c1c(C(C)C)cccc1C(C)C.Fc1c(F)c(F)c([B-](Cl)(Cl)Cl)c(F)c1F. The Bertz CT molecular complexity index is 2200. The third-order valence-electron chi connectivity index (χ3n) is 9.91. The maximum Gasteiger partial charge on any atom is 0.663 e. The summed E-state index contributed by atoms with van der Waals surface area (Å²) in [5.74, 6) is -20.6. The van der Waals surface area contributed by atoms with Crippen LogP contribution in [0.3, 0.4) is 0 Å². The van der Waals surface area contributed by atoms with Crippen molar-refractivity contribution >= 4 is 73.8 Å². The van der Waals surface area contributed by atoms with Crippen molar-refractivity contribution in [1.29, 1.82) is 0 Å². The Labute approximate surface area is 347 Å². The number of anilines is 1. The Morgan fingerprint density at radius 2 is 0.845 bits per heavy atom. The highest BCUT2D eigenvalue weighted by Crippen LogP contribution is 2.42. The molecule has 0 N–H and O–H groups in total. The first kappa shape index (κ1) is 47.1. The summed E-state index contributed by atoms with van der Waals surface area (Å²) >= 11 is 15.4. The lowest BCUT2D eigenvalue weighted by atomic mass is 9.60. The second-order valence-corrected chi connectivity index (χ2v) is 17.9. The molecule has 17 heteroatoms. The molecule has 0 fully saturated rings. The van der Waals surface area contributed by atoms with Gasteiger partial charge in [0.05, 0.1) is 0 Å². The fraction of sp³-hybridized carbons (Fsp3) is 0.341. The van der Waals surface area contributed by atoms with Crippen LogP contribution in [-0.2, 0) is 0 Å². The van der Waals surface area contributed by atoms with Gasteiger partial charge < -0.3 is 39.2 Å². The molecule has 2 nitrogen and oxygen atoms in total. The maximum absolute atomic E-state index is 16.1. The van der Waals surface area contributed by atoms with Crippen LogP contribution >= 0.6 is 34.4 Å². The van der Waals surface area contributed by atoms with Gasteiger partial charge in [0.1, 0.15) is 17.1 Å². The second-order valence-electron chi connectivity index (χ2n) is 15.3. The van der Waals surface area contributed by atoms with E-state index in [0.717, 1.165) is 22.3 Å². The van der Waals surface area contributed by atoms with Crippen molar-refractivity contribution in [3.63, 3.8) is 0 Å². The fourth-order valence-electron chi connectivity index (χ4n) is 7.14. The van der Waals surface area contributed by atoms with Crippen LogP contribution in [0.4, 0.5) is 55.3 Å². The average Bonchev–Trinajstić information content (AvgIpc) is 3.14. The van der Waals surface area contributed by atoms with E-state index in [-0.39, 0.29) is 23.7 Å². The van der Waals surface area contributed by atoms with Crippen LogP contribution in [-0.4, -0.2) is 21.6 Å². The number of nitrogens with zero attached hydrogens (tertiary/aromatic N) is 2. The molecule has 1 aliphatic heterocycles. The summed E-state index contributed by atoms with van der Waals surface area (Å²) in [4.78, 5) is 1.77. The van der Waals surface area contributed by atoms with Gasteiger partial charge in [-0.15, -0.1) is 0 Å². The molecule has 0 aromatic heterocycles. The smallest absolute Gasteiger partial charge is 0.344 e. The fourth-order valence-corrected chi connectivity index (χ4v) is 7.71. The highest BCUT2D eigenvalue weighted by atomic mass is 35.6. The first-order valence-electron chi connectivity index (χ1n) is 18.4. The molecule has 1 heterocycles. The average molecular weight is 880 g/mol. The molecule has 4 aromatic rings. The van der Waals surface area contributed by atoms with E-state index in [1.54, 1.807) is 9.30 Å². The van der Waals surface area contributed by atoms with E-state index in [9.17, 15) is 26.3 Å². The first-order valence-corrected chi connectivity index (χ1v) is 19.7. The Morgan fingerprint density at radius 1 is 0.517 bits per heavy atom. The van der Waals surface area contributed by atoms with Crippen LogP contribution in [0.25, 0.3) is 0 Å². The van der Waals surface area contributed by atoms with Crippen molar-refractivity contribution < 1.29 is 48.4 Å². The van der Waals surface area contributed by atoms with Gasteiger partial charge >= 0.3 is 6.98 Å². The number of hydrogen-bond donors (Lipinski definition) is 0. The van der Waals surface area contributed by atoms with Crippen LogP contribution < -0.4 is 15.7 Å². The number of allylic oxidation sites excluding steroid dienone is 2. The highest BCUT2D eigenvalue weighted by Gasteiger charge is 2.54. The molecule has 0 bridgehead atoms. The standard InChI is InChI=1S/C35H41BF5N2.C6BCl3F5/c1-18(2)24-13-11-14-25(19(3)4)34(24)42-22(9)17-23(10)43(35-26(20(5)6)15-12-16-27(35)21(7)8)36(42)28-29(37)31(39)33(41)32(40)30(28)38;8-7(9,10)1-2(11)4(13)6(15)5(14)3(1)12/h11-21H,1-10H3;/q+1;-1. The minimum atomic E-state index is -3.39. The zero-order valence-corrected chi connectivity index (χ0v) is 35.6. The van der Waals surface area contributed by atoms with Gasteiger partial charge in [0.15, 0.2) is 57.9 Å². The molecule has 58 heavy (non-hydrogen) atoms. The molecule has 0 saturated carbocycles. The van der Waals surface area contributed by atoms with E-state index in [1.165, 1.54) is 0 Å². The molecule has 0 saturated heterocycles. The summed E-state index contributed by atoms with van der Waals surface area (Å²) in [6, 6.07) is 11.8. The van der Waals surface area contributed by atoms with Crippen LogP contribution in [0.5, 0.6) is 0 Å². The number of hydrogen-bond acceptors (Lipinski definition) is 1. The summed E-state index contributed by atoms with van der Waals surface area (Å²) < 4.78 is 139. The van der Waals surface area contributed by atoms with Crippen molar-refractivity contribution in [3.8, 4) is 0 Å². The number of halogens is 13. The zero-order chi connectivity index (χ0) is 44.0. The highest BCUT2D eigenvalue weighted by molar-refractivity contribution is 7.69. The molecule has 0 radical (unpaired) electrons. The summed E-state index contributed by atoms with van der Waals surface area (Å²) in [5.41, 5.74) is 4.00. The Morgan fingerprint density at radius 3 is 1.19 bits per heavy atom. The third-order valence-corrected chi connectivity index (χ3v) is 10.6. The largest absolute Gasteiger partial charge is 0.663 e. The van der Waals surface area contributed by atoms with Crippen LogP contribution in [0, 0.1) is 58.2 Å². The molecule has 0 amide bonds. The summed E-state index contributed by atoms with van der Waals surface area (Å²) in [5, 5.41) is 0. The van der Waals surface area contributed by atoms with E-state index >= 15 is 17.6 Å². The summed E-state index contributed by atoms with van der Waals surface area (Å²) in [7, 11) is 0. The number of para-hydroxylation sites is 2. The normalized spacial score (nSPS) is 13.7. The molecule has 5 rings (SSSR count). The summed E-state index contributed by atoms with van der Waals surface area (Å²) in [6.07, 6.45) is 1.92. The van der Waals surface area contributed by atoms with E-state index in [4.69, 9.17) is 34.4 Å². The minimum absolute atomic E-state index is 0.00756. The molecule has 0 aliphatic carbocycles. The van der Waals surface area contributed by atoms with Gasteiger partial charge in [0, 0.05) is 35.5 Å². The van der Waals surface area contributed by atoms with E-state index in [0.29, 0.717) is 22.8 Å². The van der Waals surface area contributed by atoms with Crippen molar-refractivity contribution in [1.82, 2.24) is 0 Å². The predicted octanol–water partition coefficient (Wildman–Crippen LogP) is 13.0. The van der Waals surface area contributed by atoms with Gasteiger partial charge in [-0.1, -0.05) is 97.3 Å². The number of benzene rings is 4. The van der Waals surface area contributed by atoms with Crippen molar-refractivity contribution in [2.24, 2.45) is 0 Å². The van der Waals surface area contributed by atoms with Gasteiger partial charge in [-0.3, -0.25) is 4.49 Å². The van der Waals surface area contributed by atoms with Gasteiger partial charge in [-0.2, -0.15) is 0 Å². The van der Waals surface area contributed by atoms with Gasteiger partial charge in [0.2, 0.25) is 0 Å². The van der Waals surface area contributed by atoms with Crippen molar-refractivity contribution in [2.75, 3.05) is 4.81 Å². The topological polar surface area (TPSA) is 6.25 Å². The monoisotopic (exact) mass is 878 g/mol. The van der Waals surface area contributed by atoms with Crippen LogP contribution in [0.15, 0.2) is 48.2 Å². The van der Waals surface area contributed by atoms with Gasteiger partial charge in [-0.25, -0.2) is 43.9 Å². The minimum Gasteiger partial charge on any atom is -0.344 e. The first-order chi connectivity index (χ1) is 26.8. The number of rotatable bonds is 8. The van der Waals surface area contributed by atoms with Crippen LogP contribution in [0.2, 0.25) is 0 Å². The van der Waals surface area contributed by atoms with E-state index in [1.807, 2.05) is 112 Å². The maximum atomic E-state index is 16.1. The third kappa shape index (κ3) is 8.66. The lowest BCUT2D eigenvalue weighted by Crippen LogP contribution is -2.61. The molecular weight excluding hydrogens is 838 g/mol. The molecular formula is C41H41B2Cl3F10N2. The van der Waals surface area contributed by atoms with Crippen molar-refractivity contribution in [3.05, 3.63) is 129 Å². The Hall–Kier alpha value is -3.61. The molecule has 312 valence electrons. The molecule has 4 aromatic carbocycles. The quantitative estimate of drug-likeness (QED) is 0.0740. The predicted molar refractivity (Wildman–Crippen MR) is 217 cm³/mol. The Kier molecular flexibility index (Phi) is 14.6. The van der Waals surface area contributed by atoms with Gasteiger partial charge in [0.25, 0.3) is 4.39 Å². The zero-order valence-electron chi connectivity index (χ0n) is 33.3. The molecule has 0 atom stereocenters. The van der Waals surface area contributed by atoms with Gasteiger partial charge in [-0.05, 0) is 41.7 Å². The molecule has 0 spiro atoms. The second kappa shape index (κ2) is 17.9.